The molecule has 0 saturated heterocycles. The van der Waals surface area contributed by atoms with Crippen molar-refractivity contribution < 1.29 is 19.6 Å². The van der Waals surface area contributed by atoms with Crippen LogP contribution in [0.4, 0.5) is 11.4 Å². The molecule has 0 radical (unpaired) electrons. The van der Waals surface area contributed by atoms with Gasteiger partial charge in [0.2, 0.25) is 5.91 Å². The first-order chi connectivity index (χ1) is 14.7. The highest BCUT2D eigenvalue weighted by Crippen LogP contribution is 2.27. The van der Waals surface area contributed by atoms with Gasteiger partial charge in [-0.25, -0.2) is 0 Å². The normalized spacial score (nSPS) is 12.0. The number of nitrogens with one attached hydrogen (secondary N) is 2. The van der Waals surface area contributed by atoms with Crippen molar-refractivity contribution in [1.82, 2.24) is 0 Å². The molecule has 31 heavy (non-hydrogen) atoms. The largest absolute Gasteiger partial charge is 0.495 e. The van der Waals surface area contributed by atoms with Crippen LogP contribution in [-0.4, -0.2) is 25.5 Å². The topological polar surface area (TPSA) is 84.0 Å². The third-order valence-corrected chi connectivity index (χ3v) is 5.08. The fraction of sp³-hybridized carbons (Fsp3) is 0.440. The van der Waals surface area contributed by atoms with Crippen molar-refractivity contribution >= 4 is 23.2 Å². The maximum Gasteiger partial charge on any atom is 0.279 e. The summed E-state index contributed by atoms with van der Waals surface area (Å²) in [5.41, 5.74) is 3.70. The van der Waals surface area contributed by atoms with Crippen molar-refractivity contribution in [3.63, 3.8) is 0 Å². The molecule has 2 aromatic carbocycles. The standard InChI is InChI=1S/C25H35N3O3/c1-16(2)13-19-7-9-20(10-8-19)25(17(3)4)26-15-24(30)28-22-14-21(27-18(5)29)11-12-23(22)31-6/h7-12,14,16-17,25-26H,13,15H2,1-6H3,(H,27,29)(H,28,30)/p+1/t25-/m1/s1. The SMILES string of the molecule is COc1ccc(NC(C)=O)cc1NC(=O)C[NH2+][C@@H](c1ccc(CC(C)C)cc1)C(C)C. The summed E-state index contributed by atoms with van der Waals surface area (Å²) in [7, 11) is 1.55. The lowest BCUT2D eigenvalue weighted by Gasteiger charge is -2.20. The highest BCUT2D eigenvalue weighted by Gasteiger charge is 2.21. The van der Waals surface area contributed by atoms with Crippen molar-refractivity contribution in [3.05, 3.63) is 53.6 Å². The summed E-state index contributed by atoms with van der Waals surface area (Å²) < 4.78 is 5.34. The van der Waals surface area contributed by atoms with E-state index in [1.807, 2.05) is 0 Å². The molecule has 6 heteroatoms. The van der Waals surface area contributed by atoms with Crippen LogP contribution in [0.5, 0.6) is 5.75 Å². The summed E-state index contributed by atoms with van der Waals surface area (Å²) in [4.78, 5) is 24.0. The van der Waals surface area contributed by atoms with Gasteiger partial charge in [0.25, 0.3) is 5.91 Å². The molecule has 2 aromatic rings. The molecule has 0 unspecified atom stereocenters. The second-order valence-electron chi connectivity index (χ2n) is 8.69. The number of hydrogen-bond acceptors (Lipinski definition) is 3. The van der Waals surface area contributed by atoms with Crippen LogP contribution in [0.2, 0.25) is 0 Å². The fourth-order valence-electron chi connectivity index (χ4n) is 3.66. The Kier molecular flexibility index (Phi) is 9.06. The van der Waals surface area contributed by atoms with Gasteiger partial charge >= 0.3 is 0 Å². The van der Waals surface area contributed by atoms with Crippen LogP contribution >= 0.6 is 0 Å². The highest BCUT2D eigenvalue weighted by atomic mass is 16.5. The first kappa shape index (κ1) is 24.4. The van der Waals surface area contributed by atoms with Crippen LogP contribution in [0, 0.1) is 11.8 Å². The fourth-order valence-corrected chi connectivity index (χ4v) is 3.66. The van der Waals surface area contributed by atoms with E-state index >= 15 is 0 Å². The number of ether oxygens (including phenoxy) is 1. The van der Waals surface area contributed by atoms with E-state index in [0.717, 1.165) is 6.42 Å². The van der Waals surface area contributed by atoms with Gasteiger partial charge in [-0.2, -0.15) is 0 Å². The molecular formula is C25H36N3O3+. The Morgan fingerprint density at radius 1 is 1.00 bits per heavy atom. The van der Waals surface area contributed by atoms with Gasteiger partial charge < -0.3 is 20.7 Å². The van der Waals surface area contributed by atoms with Gasteiger partial charge in [0.15, 0.2) is 6.54 Å². The smallest absolute Gasteiger partial charge is 0.279 e. The molecule has 168 valence electrons. The number of nitrogens with two attached hydrogens (primary N) is 1. The number of rotatable bonds is 10. The Hall–Kier alpha value is -2.86. The first-order valence-corrected chi connectivity index (χ1v) is 10.9. The highest BCUT2D eigenvalue weighted by molar-refractivity contribution is 5.95. The van der Waals surface area contributed by atoms with Gasteiger partial charge in [0.05, 0.1) is 12.8 Å². The third-order valence-electron chi connectivity index (χ3n) is 5.08. The Bertz CT molecular complexity index is 876. The molecule has 0 saturated carbocycles. The Morgan fingerprint density at radius 2 is 1.68 bits per heavy atom. The van der Waals surface area contributed by atoms with Crippen LogP contribution in [0.1, 0.15) is 51.8 Å². The van der Waals surface area contributed by atoms with Gasteiger partial charge in [0.1, 0.15) is 11.8 Å². The first-order valence-electron chi connectivity index (χ1n) is 10.9. The number of carbonyl (C=O) groups excluding carboxylic acids is 2. The molecule has 2 amide bonds. The summed E-state index contributed by atoms with van der Waals surface area (Å²) in [6.07, 6.45) is 1.07. The zero-order valence-corrected chi connectivity index (χ0v) is 19.5. The van der Waals surface area contributed by atoms with Crippen molar-refractivity contribution in [3.8, 4) is 5.75 Å². The van der Waals surface area contributed by atoms with E-state index in [1.54, 1.807) is 25.3 Å². The summed E-state index contributed by atoms with van der Waals surface area (Å²) in [6, 6.07) is 14.1. The molecule has 2 rings (SSSR count). The Labute approximate surface area is 185 Å². The monoisotopic (exact) mass is 426 g/mol. The quantitative estimate of drug-likeness (QED) is 0.541. The predicted molar refractivity (Wildman–Crippen MR) is 125 cm³/mol. The second kappa shape index (κ2) is 11.5. The number of quaternary nitrogens is 1. The van der Waals surface area contributed by atoms with Crippen molar-refractivity contribution in [2.24, 2.45) is 11.8 Å². The molecule has 0 aliphatic rings. The zero-order valence-electron chi connectivity index (χ0n) is 19.5. The number of anilines is 2. The summed E-state index contributed by atoms with van der Waals surface area (Å²) in [6.45, 7) is 10.5. The van der Waals surface area contributed by atoms with E-state index in [2.05, 4.69) is 67.9 Å². The van der Waals surface area contributed by atoms with Gasteiger partial charge in [-0.05, 0) is 36.1 Å². The Morgan fingerprint density at radius 3 is 2.23 bits per heavy atom. The molecule has 6 nitrogen and oxygen atoms in total. The van der Waals surface area contributed by atoms with Crippen LogP contribution in [0.3, 0.4) is 0 Å². The van der Waals surface area contributed by atoms with Gasteiger partial charge in [-0.1, -0.05) is 52.0 Å². The zero-order chi connectivity index (χ0) is 23.0. The predicted octanol–water partition coefficient (Wildman–Crippen LogP) is 3.75. The van der Waals surface area contributed by atoms with Crippen molar-refractivity contribution in [1.29, 1.82) is 0 Å². The van der Waals surface area contributed by atoms with Gasteiger partial charge in [-0.15, -0.1) is 0 Å². The molecule has 0 heterocycles. The molecule has 0 aromatic heterocycles. The minimum Gasteiger partial charge on any atom is -0.495 e. The summed E-state index contributed by atoms with van der Waals surface area (Å²) in [5.74, 6) is 1.25. The number of benzene rings is 2. The van der Waals surface area contributed by atoms with Crippen molar-refractivity contribution in [2.75, 3.05) is 24.3 Å². The van der Waals surface area contributed by atoms with Gasteiger partial charge in [0, 0.05) is 24.1 Å². The molecule has 1 atom stereocenters. The summed E-state index contributed by atoms with van der Waals surface area (Å²) >= 11 is 0. The molecule has 0 spiro atoms. The number of amides is 2. The van der Waals surface area contributed by atoms with Gasteiger partial charge in [-0.3, -0.25) is 9.59 Å². The molecule has 0 bridgehead atoms. The van der Waals surface area contributed by atoms with E-state index in [4.69, 9.17) is 4.74 Å². The molecule has 0 aliphatic carbocycles. The third kappa shape index (κ3) is 7.72. The van der Waals surface area contributed by atoms with E-state index in [1.165, 1.54) is 18.1 Å². The average Bonchev–Trinajstić information content (AvgIpc) is 2.68. The molecule has 0 aliphatic heterocycles. The molecule has 0 fully saturated rings. The van der Waals surface area contributed by atoms with Crippen LogP contribution in [0.25, 0.3) is 0 Å². The van der Waals surface area contributed by atoms with E-state index in [-0.39, 0.29) is 24.4 Å². The van der Waals surface area contributed by atoms with E-state index in [0.29, 0.717) is 29.0 Å². The maximum atomic E-state index is 12.7. The van der Waals surface area contributed by atoms with Crippen LogP contribution in [0.15, 0.2) is 42.5 Å². The number of hydrogen-bond donors (Lipinski definition) is 3. The van der Waals surface area contributed by atoms with Crippen LogP contribution < -0.4 is 20.7 Å². The lowest BCUT2D eigenvalue weighted by Crippen LogP contribution is -2.88. The maximum absolute atomic E-state index is 12.7. The molecule has 4 N–H and O–H groups in total. The minimum atomic E-state index is -0.171. The van der Waals surface area contributed by atoms with E-state index < -0.39 is 0 Å². The second-order valence-corrected chi connectivity index (χ2v) is 8.69. The lowest BCUT2D eigenvalue weighted by atomic mass is 9.93. The minimum absolute atomic E-state index is 0.125. The number of methoxy groups -OCH3 is 1. The van der Waals surface area contributed by atoms with E-state index in [9.17, 15) is 9.59 Å². The summed E-state index contributed by atoms with van der Waals surface area (Å²) in [5, 5.41) is 7.70. The van der Waals surface area contributed by atoms with Crippen molar-refractivity contribution in [2.45, 2.75) is 47.1 Å². The van der Waals surface area contributed by atoms with Crippen LogP contribution in [-0.2, 0) is 16.0 Å². The average molecular weight is 427 g/mol. The molecular weight excluding hydrogens is 390 g/mol. The number of carbonyl (C=O) groups is 2. The Balaban J connectivity index is 2.04. The lowest BCUT2D eigenvalue weighted by molar-refractivity contribution is -0.692.